The van der Waals surface area contributed by atoms with E-state index in [9.17, 15) is 18.4 Å². The molecule has 0 radical (unpaired) electrons. The van der Waals surface area contributed by atoms with E-state index in [0.29, 0.717) is 37.4 Å². The van der Waals surface area contributed by atoms with Gasteiger partial charge in [-0.1, -0.05) is 18.2 Å². The van der Waals surface area contributed by atoms with Crippen LogP contribution in [0.5, 0.6) is 5.75 Å². The molecule has 0 fully saturated rings. The van der Waals surface area contributed by atoms with Crippen molar-refractivity contribution >= 4 is 11.8 Å². The number of carbonyl (C=O) groups excluding carboxylic acids is 2. The summed E-state index contributed by atoms with van der Waals surface area (Å²) in [4.78, 5) is 23.4. The third-order valence-corrected chi connectivity index (χ3v) is 3.64. The van der Waals surface area contributed by atoms with E-state index in [1.54, 1.807) is 24.3 Å². The second-order valence-electron chi connectivity index (χ2n) is 5.92. The average molecular weight is 376 g/mol. The first-order chi connectivity index (χ1) is 13.0. The molecule has 0 bridgehead atoms. The molecule has 0 aliphatic carbocycles. The van der Waals surface area contributed by atoms with Gasteiger partial charge >= 0.3 is 0 Å². The van der Waals surface area contributed by atoms with Gasteiger partial charge in [-0.25, -0.2) is 8.78 Å². The van der Waals surface area contributed by atoms with Crippen LogP contribution in [-0.2, 0) is 16.0 Å². The van der Waals surface area contributed by atoms with Crippen LogP contribution >= 0.6 is 0 Å². The molecule has 0 aromatic heterocycles. The van der Waals surface area contributed by atoms with E-state index in [1.807, 2.05) is 0 Å². The van der Waals surface area contributed by atoms with Crippen LogP contribution in [0.15, 0.2) is 48.5 Å². The van der Waals surface area contributed by atoms with Crippen LogP contribution in [-0.4, -0.2) is 31.5 Å². The molecule has 0 saturated carbocycles. The van der Waals surface area contributed by atoms with E-state index in [4.69, 9.17) is 4.74 Å². The standard InChI is InChI=1S/C20H22F2N2O3/c21-16-5-1-4-15(12-16)13-20(26)24-10-9-23-19(25)8-3-11-27-18-7-2-6-17(22)14-18/h1-2,4-7,12,14H,3,8-11,13H2,(H,23,25)(H,24,26). The van der Waals surface area contributed by atoms with Gasteiger partial charge < -0.3 is 15.4 Å². The summed E-state index contributed by atoms with van der Waals surface area (Å²) in [5.41, 5.74) is 0.592. The molecular weight excluding hydrogens is 354 g/mol. The first-order valence-corrected chi connectivity index (χ1v) is 8.69. The van der Waals surface area contributed by atoms with Crippen molar-refractivity contribution in [2.45, 2.75) is 19.3 Å². The lowest BCUT2D eigenvalue weighted by Gasteiger charge is -2.08. The second kappa shape index (κ2) is 10.9. The average Bonchev–Trinajstić information content (AvgIpc) is 2.62. The molecule has 0 unspecified atom stereocenters. The minimum absolute atomic E-state index is 0.0864. The van der Waals surface area contributed by atoms with E-state index in [0.717, 1.165) is 0 Å². The van der Waals surface area contributed by atoms with Crippen molar-refractivity contribution in [2.24, 2.45) is 0 Å². The summed E-state index contributed by atoms with van der Waals surface area (Å²) in [6, 6.07) is 11.7. The Morgan fingerprint density at radius 2 is 1.56 bits per heavy atom. The predicted octanol–water partition coefficient (Wildman–Crippen LogP) is 2.60. The number of rotatable bonds is 10. The molecule has 0 aliphatic rings. The normalized spacial score (nSPS) is 10.3. The zero-order valence-corrected chi connectivity index (χ0v) is 14.8. The molecule has 0 saturated heterocycles. The van der Waals surface area contributed by atoms with Gasteiger partial charge in [0, 0.05) is 25.6 Å². The minimum atomic E-state index is -0.381. The third-order valence-electron chi connectivity index (χ3n) is 3.64. The highest BCUT2D eigenvalue weighted by Gasteiger charge is 2.05. The molecule has 2 N–H and O–H groups in total. The summed E-state index contributed by atoms with van der Waals surface area (Å²) in [7, 11) is 0. The summed E-state index contributed by atoms with van der Waals surface area (Å²) in [5.74, 6) is -0.717. The number of nitrogens with one attached hydrogen (secondary N) is 2. The summed E-state index contributed by atoms with van der Waals surface area (Å²) < 4.78 is 31.4. The first-order valence-electron chi connectivity index (χ1n) is 8.69. The van der Waals surface area contributed by atoms with E-state index in [2.05, 4.69) is 10.6 Å². The Morgan fingerprint density at radius 3 is 2.26 bits per heavy atom. The van der Waals surface area contributed by atoms with Gasteiger partial charge in [0.05, 0.1) is 13.0 Å². The number of hydrogen-bond acceptors (Lipinski definition) is 3. The van der Waals surface area contributed by atoms with Crippen LogP contribution in [0.2, 0.25) is 0 Å². The van der Waals surface area contributed by atoms with Crippen LogP contribution in [0.1, 0.15) is 18.4 Å². The number of hydrogen-bond donors (Lipinski definition) is 2. The van der Waals surface area contributed by atoms with Crippen molar-refractivity contribution in [1.82, 2.24) is 10.6 Å². The predicted molar refractivity (Wildman–Crippen MR) is 97.3 cm³/mol. The van der Waals surface area contributed by atoms with Crippen molar-refractivity contribution < 1.29 is 23.1 Å². The molecule has 7 heteroatoms. The van der Waals surface area contributed by atoms with Crippen molar-refractivity contribution in [2.75, 3.05) is 19.7 Å². The molecule has 2 rings (SSSR count). The Kier molecular flexibility index (Phi) is 8.22. The van der Waals surface area contributed by atoms with Gasteiger partial charge in [0.25, 0.3) is 0 Å². The summed E-state index contributed by atoms with van der Waals surface area (Å²) in [6.07, 6.45) is 0.851. The fourth-order valence-corrected chi connectivity index (χ4v) is 2.37. The highest BCUT2D eigenvalue weighted by molar-refractivity contribution is 5.79. The van der Waals surface area contributed by atoms with Crippen molar-refractivity contribution in [1.29, 1.82) is 0 Å². The summed E-state index contributed by atoms with van der Waals surface area (Å²) in [5, 5.41) is 5.35. The van der Waals surface area contributed by atoms with Crippen molar-refractivity contribution in [3.8, 4) is 5.75 Å². The van der Waals surface area contributed by atoms with Crippen LogP contribution in [0.3, 0.4) is 0 Å². The maximum atomic E-state index is 13.0. The zero-order chi connectivity index (χ0) is 19.5. The van der Waals surface area contributed by atoms with E-state index in [1.165, 1.54) is 24.3 Å². The Balaban J connectivity index is 1.52. The number of carbonyl (C=O) groups is 2. The van der Waals surface area contributed by atoms with Crippen LogP contribution in [0.25, 0.3) is 0 Å². The topological polar surface area (TPSA) is 67.4 Å². The van der Waals surface area contributed by atoms with E-state index in [-0.39, 0.29) is 36.3 Å². The molecule has 27 heavy (non-hydrogen) atoms. The van der Waals surface area contributed by atoms with Crippen LogP contribution in [0.4, 0.5) is 8.78 Å². The van der Waals surface area contributed by atoms with Gasteiger partial charge in [0.2, 0.25) is 11.8 Å². The second-order valence-corrected chi connectivity index (χ2v) is 5.92. The smallest absolute Gasteiger partial charge is 0.224 e. The quantitative estimate of drug-likeness (QED) is 0.627. The molecule has 2 aromatic rings. The third kappa shape index (κ3) is 8.31. The molecule has 0 spiro atoms. The fraction of sp³-hybridized carbons (Fsp3) is 0.300. The Hall–Kier alpha value is -2.96. The van der Waals surface area contributed by atoms with Gasteiger partial charge in [-0.3, -0.25) is 9.59 Å². The fourth-order valence-electron chi connectivity index (χ4n) is 2.37. The number of ether oxygens (including phenoxy) is 1. The Labute approximate surface area is 156 Å². The molecular formula is C20H22F2N2O3. The van der Waals surface area contributed by atoms with E-state index >= 15 is 0 Å². The molecule has 2 amide bonds. The zero-order valence-electron chi connectivity index (χ0n) is 14.8. The lowest BCUT2D eigenvalue weighted by molar-refractivity contribution is -0.122. The van der Waals surface area contributed by atoms with Gasteiger partial charge in [-0.15, -0.1) is 0 Å². The lowest BCUT2D eigenvalue weighted by Crippen LogP contribution is -2.35. The largest absolute Gasteiger partial charge is 0.493 e. The number of benzene rings is 2. The van der Waals surface area contributed by atoms with Gasteiger partial charge in [0.1, 0.15) is 17.4 Å². The maximum absolute atomic E-state index is 13.0. The van der Waals surface area contributed by atoms with Gasteiger partial charge in [-0.05, 0) is 36.2 Å². The number of amides is 2. The monoisotopic (exact) mass is 376 g/mol. The SMILES string of the molecule is O=C(CCCOc1cccc(F)c1)NCCNC(=O)Cc1cccc(F)c1. The maximum Gasteiger partial charge on any atom is 0.224 e. The first kappa shape index (κ1) is 20.4. The Bertz CT molecular complexity index is 768. The molecule has 0 aliphatic heterocycles. The van der Waals surface area contributed by atoms with Crippen molar-refractivity contribution in [3.05, 3.63) is 65.7 Å². The van der Waals surface area contributed by atoms with Crippen molar-refractivity contribution in [3.63, 3.8) is 0 Å². The highest BCUT2D eigenvalue weighted by atomic mass is 19.1. The van der Waals surface area contributed by atoms with E-state index < -0.39 is 0 Å². The van der Waals surface area contributed by atoms with Gasteiger partial charge in [0.15, 0.2) is 0 Å². The highest BCUT2D eigenvalue weighted by Crippen LogP contribution is 2.12. The number of halogens is 2. The van der Waals surface area contributed by atoms with Crippen LogP contribution in [0, 0.1) is 11.6 Å². The van der Waals surface area contributed by atoms with Gasteiger partial charge in [-0.2, -0.15) is 0 Å². The summed E-state index contributed by atoms with van der Waals surface area (Å²) >= 11 is 0. The lowest BCUT2D eigenvalue weighted by atomic mass is 10.1. The molecule has 2 aromatic carbocycles. The molecule has 0 heterocycles. The molecule has 5 nitrogen and oxygen atoms in total. The Morgan fingerprint density at radius 1 is 0.889 bits per heavy atom. The van der Waals surface area contributed by atoms with Crippen LogP contribution < -0.4 is 15.4 Å². The minimum Gasteiger partial charge on any atom is -0.493 e. The molecule has 0 atom stereocenters. The molecule has 144 valence electrons. The summed E-state index contributed by atoms with van der Waals surface area (Å²) in [6.45, 7) is 0.902.